The highest BCUT2D eigenvalue weighted by Gasteiger charge is 2.21. The van der Waals surface area contributed by atoms with Gasteiger partial charge in [0.2, 0.25) is 0 Å². The fourth-order valence-corrected chi connectivity index (χ4v) is 1.52. The van der Waals surface area contributed by atoms with Crippen molar-refractivity contribution in [2.24, 2.45) is 0 Å². The molecule has 1 unspecified atom stereocenters. The predicted molar refractivity (Wildman–Crippen MR) is 61.1 cm³/mol. The number of nitrogens with zero attached hydrogens (tertiary/aromatic N) is 1. The fraction of sp³-hybridized carbons (Fsp3) is 0.455. The van der Waals surface area contributed by atoms with Crippen LogP contribution in [0.3, 0.4) is 0 Å². The van der Waals surface area contributed by atoms with E-state index < -0.39 is 0 Å². The highest BCUT2D eigenvalue weighted by Crippen LogP contribution is 2.21. The lowest BCUT2D eigenvalue weighted by molar-refractivity contribution is 0.227. The van der Waals surface area contributed by atoms with Crippen LogP contribution in [0.2, 0.25) is 0 Å². The number of quaternary nitrogens is 1. The van der Waals surface area contributed by atoms with Crippen molar-refractivity contribution in [3.8, 4) is 0 Å². The number of benzene rings is 1. The maximum Gasteiger partial charge on any atom is 0.132 e. The molecule has 1 aromatic rings. The Morgan fingerprint density at radius 2 is 1.86 bits per heavy atom. The SMILES string of the molecule is CC[N+](C)(CCO)c1ccc(N)cc1. The van der Waals surface area contributed by atoms with Crippen molar-refractivity contribution in [1.82, 2.24) is 4.48 Å². The second-order valence-corrected chi connectivity index (χ2v) is 3.75. The molecule has 3 N–H and O–H groups in total. The summed E-state index contributed by atoms with van der Waals surface area (Å²) in [5.74, 6) is 0. The van der Waals surface area contributed by atoms with Gasteiger partial charge in [0.1, 0.15) is 12.2 Å². The first kappa shape index (κ1) is 11.0. The molecule has 0 amide bonds. The van der Waals surface area contributed by atoms with Crippen LogP contribution in [0, 0.1) is 0 Å². The van der Waals surface area contributed by atoms with Crippen LogP contribution in [0.25, 0.3) is 0 Å². The van der Waals surface area contributed by atoms with Crippen molar-refractivity contribution in [3.63, 3.8) is 0 Å². The molecular weight excluding hydrogens is 176 g/mol. The third kappa shape index (κ3) is 2.25. The van der Waals surface area contributed by atoms with Gasteiger partial charge >= 0.3 is 0 Å². The molecule has 0 aliphatic rings. The monoisotopic (exact) mass is 195 g/mol. The Hall–Kier alpha value is -1.06. The van der Waals surface area contributed by atoms with E-state index >= 15 is 0 Å². The summed E-state index contributed by atoms with van der Waals surface area (Å²) in [6, 6.07) is 7.85. The molecule has 0 aromatic heterocycles. The minimum atomic E-state index is 0.203. The van der Waals surface area contributed by atoms with Gasteiger partial charge < -0.3 is 10.8 Å². The van der Waals surface area contributed by atoms with Crippen molar-refractivity contribution in [1.29, 1.82) is 0 Å². The molecule has 0 radical (unpaired) electrons. The summed E-state index contributed by atoms with van der Waals surface area (Å²) in [5, 5.41) is 9.01. The van der Waals surface area contributed by atoms with Crippen molar-refractivity contribution in [2.75, 3.05) is 32.5 Å². The van der Waals surface area contributed by atoms with E-state index in [0.29, 0.717) is 0 Å². The molecule has 0 bridgehead atoms. The molecule has 0 spiro atoms. The molecule has 0 saturated carbocycles. The summed E-state index contributed by atoms with van der Waals surface area (Å²) in [5.41, 5.74) is 7.60. The van der Waals surface area contributed by atoms with Gasteiger partial charge in [-0.15, -0.1) is 0 Å². The van der Waals surface area contributed by atoms with Crippen molar-refractivity contribution in [3.05, 3.63) is 24.3 Å². The zero-order valence-corrected chi connectivity index (χ0v) is 8.90. The Kier molecular flexibility index (Phi) is 3.49. The van der Waals surface area contributed by atoms with Crippen molar-refractivity contribution < 1.29 is 5.11 Å². The fourth-order valence-electron chi connectivity index (χ4n) is 1.52. The van der Waals surface area contributed by atoms with Crippen LogP contribution >= 0.6 is 0 Å². The Balaban J connectivity index is 2.94. The molecule has 14 heavy (non-hydrogen) atoms. The first-order chi connectivity index (χ1) is 6.62. The van der Waals surface area contributed by atoms with Gasteiger partial charge in [0.05, 0.1) is 20.2 Å². The number of hydrogen-bond donors (Lipinski definition) is 2. The topological polar surface area (TPSA) is 46.2 Å². The van der Waals surface area contributed by atoms with E-state index in [-0.39, 0.29) is 6.61 Å². The summed E-state index contributed by atoms with van der Waals surface area (Å²) < 4.78 is 0.747. The third-order valence-electron chi connectivity index (χ3n) is 2.81. The lowest BCUT2D eigenvalue weighted by atomic mass is 10.2. The van der Waals surface area contributed by atoms with Gasteiger partial charge in [-0.1, -0.05) is 0 Å². The molecule has 78 valence electrons. The van der Waals surface area contributed by atoms with E-state index in [1.54, 1.807) is 0 Å². The van der Waals surface area contributed by atoms with Crippen LogP contribution in [0.1, 0.15) is 6.92 Å². The minimum Gasteiger partial charge on any atom is -0.399 e. The zero-order valence-electron chi connectivity index (χ0n) is 8.90. The van der Waals surface area contributed by atoms with Crippen LogP contribution in [-0.4, -0.2) is 31.9 Å². The van der Waals surface area contributed by atoms with E-state index in [2.05, 4.69) is 14.0 Å². The first-order valence-electron chi connectivity index (χ1n) is 4.94. The quantitative estimate of drug-likeness (QED) is 0.560. The summed E-state index contributed by atoms with van der Waals surface area (Å²) in [6.45, 7) is 4.02. The van der Waals surface area contributed by atoms with E-state index in [1.807, 2.05) is 24.3 Å². The van der Waals surface area contributed by atoms with Crippen LogP contribution < -0.4 is 10.2 Å². The Bertz CT molecular complexity index is 284. The second kappa shape index (κ2) is 4.44. The molecular formula is C11H19N2O+. The van der Waals surface area contributed by atoms with Crippen LogP contribution in [0.15, 0.2) is 24.3 Å². The smallest absolute Gasteiger partial charge is 0.132 e. The first-order valence-corrected chi connectivity index (χ1v) is 4.94. The predicted octanol–water partition coefficient (Wildman–Crippen LogP) is 1.22. The molecule has 0 saturated heterocycles. The molecule has 0 fully saturated rings. The minimum absolute atomic E-state index is 0.203. The van der Waals surface area contributed by atoms with Gasteiger partial charge in [0.15, 0.2) is 0 Å². The number of hydrogen-bond acceptors (Lipinski definition) is 2. The maximum atomic E-state index is 9.01. The average Bonchev–Trinajstić information content (AvgIpc) is 2.19. The van der Waals surface area contributed by atoms with Gasteiger partial charge in [0.25, 0.3) is 0 Å². The van der Waals surface area contributed by atoms with Gasteiger partial charge in [-0.2, -0.15) is 0 Å². The Morgan fingerprint density at radius 1 is 1.29 bits per heavy atom. The summed E-state index contributed by atoms with van der Waals surface area (Å²) >= 11 is 0. The highest BCUT2D eigenvalue weighted by molar-refractivity contribution is 5.50. The number of aliphatic hydroxyl groups excluding tert-OH is 1. The number of nitrogen functional groups attached to an aromatic ring is 1. The molecule has 3 nitrogen and oxygen atoms in total. The van der Waals surface area contributed by atoms with Gasteiger partial charge in [-0.3, -0.25) is 4.48 Å². The average molecular weight is 195 g/mol. The summed E-state index contributed by atoms with van der Waals surface area (Å²) in [7, 11) is 2.11. The number of nitrogens with two attached hydrogens (primary N) is 1. The van der Waals surface area contributed by atoms with Crippen LogP contribution in [0.5, 0.6) is 0 Å². The number of likely N-dealkylation sites (N-methyl/N-ethyl adjacent to an activating group) is 1. The molecule has 1 rings (SSSR count). The largest absolute Gasteiger partial charge is 0.399 e. The van der Waals surface area contributed by atoms with Gasteiger partial charge in [-0.25, -0.2) is 0 Å². The summed E-state index contributed by atoms with van der Waals surface area (Å²) in [6.07, 6.45) is 0. The highest BCUT2D eigenvalue weighted by atomic mass is 16.3. The lowest BCUT2D eigenvalue weighted by Gasteiger charge is -2.32. The third-order valence-corrected chi connectivity index (χ3v) is 2.81. The molecule has 1 aromatic carbocycles. The van der Waals surface area contributed by atoms with E-state index in [0.717, 1.165) is 23.3 Å². The van der Waals surface area contributed by atoms with E-state index in [4.69, 9.17) is 10.8 Å². The zero-order chi connectivity index (χ0) is 10.6. The number of rotatable bonds is 4. The van der Waals surface area contributed by atoms with E-state index in [1.165, 1.54) is 5.69 Å². The van der Waals surface area contributed by atoms with Crippen LogP contribution in [0.4, 0.5) is 11.4 Å². The normalized spacial score (nSPS) is 15.1. The Labute approximate surface area is 85.4 Å². The lowest BCUT2D eigenvalue weighted by Crippen LogP contribution is -2.46. The maximum absolute atomic E-state index is 9.01. The molecule has 0 heterocycles. The molecule has 3 heteroatoms. The Morgan fingerprint density at radius 3 is 2.29 bits per heavy atom. The van der Waals surface area contributed by atoms with E-state index in [9.17, 15) is 0 Å². The standard InChI is InChI=1S/C11H19N2O/c1-3-13(2,8-9-14)11-6-4-10(12)5-7-11/h4-7,14H,3,8-9,12H2,1-2H3/q+1. The molecule has 1 atom stereocenters. The van der Waals surface area contributed by atoms with Gasteiger partial charge in [-0.05, 0) is 19.1 Å². The van der Waals surface area contributed by atoms with Crippen molar-refractivity contribution in [2.45, 2.75) is 6.92 Å². The van der Waals surface area contributed by atoms with Gasteiger partial charge in [0, 0.05) is 17.8 Å². The second-order valence-electron chi connectivity index (χ2n) is 3.75. The van der Waals surface area contributed by atoms with Crippen LogP contribution in [-0.2, 0) is 0 Å². The molecule has 0 aliphatic heterocycles. The number of aliphatic hydroxyl groups is 1. The number of anilines is 1. The molecule has 0 aliphatic carbocycles. The summed E-state index contributed by atoms with van der Waals surface area (Å²) in [4.78, 5) is 0. The van der Waals surface area contributed by atoms with Crippen molar-refractivity contribution >= 4 is 11.4 Å².